The third-order valence-electron chi connectivity index (χ3n) is 2.56. The summed E-state index contributed by atoms with van der Waals surface area (Å²) in [7, 11) is 0. The molecule has 0 saturated carbocycles. The lowest BCUT2D eigenvalue weighted by molar-refractivity contribution is 0.411. The van der Waals surface area contributed by atoms with Gasteiger partial charge in [-0.2, -0.15) is 0 Å². The van der Waals surface area contributed by atoms with Gasteiger partial charge >= 0.3 is 0 Å². The molecule has 0 aliphatic carbocycles. The van der Waals surface area contributed by atoms with Gasteiger partial charge in [-0.15, -0.1) is 12.4 Å². The van der Waals surface area contributed by atoms with Crippen LogP contribution in [-0.2, 0) is 0 Å². The van der Waals surface area contributed by atoms with Crippen LogP contribution in [0, 0.1) is 5.82 Å². The Morgan fingerprint density at radius 1 is 1.29 bits per heavy atom. The Balaban J connectivity index is 0.000000980. The first-order chi connectivity index (χ1) is 6.36. The van der Waals surface area contributed by atoms with Gasteiger partial charge in [0.05, 0.1) is 0 Å². The fourth-order valence-corrected chi connectivity index (χ4v) is 1.86. The van der Waals surface area contributed by atoms with Crippen molar-refractivity contribution in [2.45, 2.75) is 25.3 Å². The normalized spacial score (nSPS) is 21.4. The predicted molar refractivity (Wildman–Crippen MR) is 58.2 cm³/mol. The van der Waals surface area contributed by atoms with E-state index in [-0.39, 0.29) is 18.2 Å². The van der Waals surface area contributed by atoms with Gasteiger partial charge in [0.25, 0.3) is 0 Å². The molecular formula is C11H15ClFN. The van der Waals surface area contributed by atoms with Gasteiger partial charge in [-0.05, 0) is 37.1 Å². The Hall–Kier alpha value is -0.600. The highest BCUT2D eigenvalue weighted by atomic mass is 35.5. The molecule has 1 saturated heterocycles. The average molecular weight is 216 g/mol. The summed E-state index contributed by atoms with van der Waals surface area (Å²) < 4.78 is 12.9. The first-order valence-electron chi connectivity index (χ1n) is 4.85. The van der Waals surface area contributed by atoms with Crippen LogP contribution in [0.3, 0.4) is 0 Å². The van der Waals surface area contributed by atoms with E-state index in [9.17, 15) is 4.39 Å². The predicted octanol–water partition coefficient (Wildman–Crippen LogP) is 3.06. The number of hydrogen-bond donors (Lipinski definition) is 1. The standard InChI is InChI=1S/C11H14FN.ClH/c12-10-5-3-4-9(8-10)11-6-1-2-7-13-11;/h3-5,8,11,13H,1-2,6-7H2;1H/t11-;/m1./s1. The van der Waals surface area contributed by atoms with Crippen molar-refractivity contribution in [1.29, 1.82) is 0 Å². The Labute approximate surface area is 90.1 Å². The second kappa shape index (κ2) is 5.32. The summed E-state index contributed by atoms with van der Waals surface area (Å²) in [5.74, 6) is -0.134. The van der Waals surface area contributed by atoms with E-state index in [1.807, 2.05) is 6.07 Å². The lowest BCUT2D eigenvalue weighted by Gasteiger charge is -2.23. The molecule has 0 aromatic heterocycles. The van der Waals surface area contributed by atoms with Crippen LogP contribution in [-0.4, -0.2) is 6.54 Å². The molecule has 0 bridgehead atoms. The van der Waals surface area contributed by atoms with Crippen molar-refractivity contribution in [3.63, 3.8) is 0 Å². The van der Waals surface area contributed by atoms with Crippen LogP contribution in [0.5, 0.6) is 0 Å². The van der Waals surface area contributed by atoms with E-state index < -0.39 is 0 Å². The minimum absolute atomic E-state index is 0. The van der Waals surface area contributed by atoms with E-state index in [1.165, 1.54) is 18.9 Å². The van der Waals surface area contributed by atoms with E-state index in [0.29, 0.717) is 6.04 Å². The molecule has 1 atom stereocenters. The summed E-state index contributed by atoms with van der Waals surface area (Å²) in [6.45, 7) is 1.06. The van der Waals surface area contributed by atoms with Gasteiger partial charge in [-0.3, -0.25) is 0 Å². The monoisotopic (exact) mass is 215 g/mol. The van der Waals surface area contributed by atoms with E-state index in [1.54, 1.807) is 12.1 Å². The number of piperidine rings is 1. The van der Waals surface area contributed by atoms with Gasteiger partial charge < -0.3 is 5.32 Å². The SMILES string of the molecule is Cl.Fc1cccc([C@H]2CCCCN2)c1. The molecule has 2 rings (SSSR count). The average Bonchev–Trinajstić information content (AvgIpc) is 2.19. The minimum atomic E-state index is -0.134. The zero-order chi connectivity index (χ0) is 9.10. The molecule has 1 aromatic carbocycles. The molecule has 1 N–H and O–H groups in total. The Morgan fingerprint density at radius 2 is 2.14 bits per heavy atom. The number of hydrogen-bond acceptors (Lipinski definition) is 1. The van der Waals surface area contributed by atoms with Gasteiger partial charge in [0.2, 0.25) is 0 Å². The van der Waals surface area contributed by atoms with E-state index >= 15 is 0 Å². The summed E-state index contributed by atoms with van der Waals surface area (Å²) in [4.78, 5) is 0. The maximum absolute atomic E-state index is 12.9. The molecule has 3 heteroatoms. The third-order valence-corrected chi connectivity index (χ3v) is 2.56. The van der Waals surface area contributed by atoms with Crippen molar-refractivity contribution < 1.29 is 4.39 Å². The Morgan fingerprint density at radius 3 is 2.79 bits per heavy atom. The van der Waals surface area contributed by atoms with Crippen molar-refractivity contribution in [3.05, 3.63) is 35.6 Å². The first-order valence-corrected chi connectivity index (χ1v) is 4.85. The molecule has 0 amide bonds. The van der Waals surface area contributed by atoms with Crippen LogP contribution in [0.15, 0.2) is 24.3 Å². The van der Waals surface area contributed by atoms with Gasteiger partial charge in [-0.1, -0.05) is 18.6 Å². The number of rotatable bonds is 1. The largest absolute Gasteiger partial charge is 0.310 e. The van der Waals surface area contributed by atoms with Crippen LogP contribution < -0.4 is 5.32 Å². The number of nitrogens with one attached hydrogen (secondary N) is 1. The summed E-state index contributed by atoms with van der Waals surface area (Å²) >= 11 is 0. The highest BCUT2D eigenvalue weighted by Crippen LogP contribution is 2.22. The van der Waals surface area contributed by atoms with Gasteiger partial charge in [0, 0.05) is 6.04 Å². The zero-order valence-electron chi connectivity index (χ0n) is 8.00. The van der Waals surface area contributed by atoms with Crippen LogP contribution in [0.2, 0.25) is 0 Å². The summed E-state index contributed by atoms with van der Waals surface area (Å²) in [5, 5.41) is 3.40. The van der Waals surface area contributed by atoms with E-state index in [0.717, 1.165) is 18.5 Å². The van der Waals surface area contributed by atoms with Gasteiger partial charge in [0.15, 0.2) is 0 Å². The van der Waals surface area contributed by atoms with E-state index in [2.05, 4.69) is 5.32 Å². The molecule has 1 aromatic rings. The van der Waals surface area contributed by atoms with Crippen LogP contribution in [0.25, 0.3) is 0 Å². The first kappa shape index (κ1) is 11.5. The Bertz CT molecular complexity index is 284. The quantitative estimate of drug-likeness (QED) is 0.759. The van der Waals surface area contributed by atoms with Crippen molar-refractivity contribution in [2.24, 2.45) is 0 Å². The fraction of sp³-hybridized carbons (Fsp3) is 0.455. The van der Waals surface area contributed by atoms with Gasteiger partial charge in [-0.25, -0.2) is 4.39 Å². The molecule has 1 aliphatic heterocycles. The fourth-order valence-electron chi connectivity index (χ4n) is 1.86. The lowest BCUT2D eigenvalue weighted by Crippen LogP contribution is -2.26. The van der Waals surface area contributed by atoms with Crippen molar-refractivity contribution in [2.75, 3.05) is 6.54 Å². The van der Waals surface area contributed by atoms with Crippen LogP contribution in [0.4, 0.5) is 4.39 Å². The topological polar surface area (TPSA) is 12.0 Å². The second-order valence-electron chi connectivity index (χ2n) is 3.56. The molecule has 0 unspecified atom stereocenters. The lowest BCUT2D eigenvalue weighted by atomic mass is 9.98. The van der Waals surface area contributed by atoms with Crippen LogP contribution in [0.1, 0.15) is 30.9 Å². The summed E-state index contributed by atoms with van der Waals surface area (Å²) in [5.41, 5.74) is 1.08. The molecule has 1 aliphatic rings. The highest BCUT2D eigenvalue weighted by Gasteiger charge is 2.14. The number of halogens is 2. The zero-order valence-corrected chi connectivity index (χ0v) is 8.82. The maximum atomic E-state index is 12.9. The molecule has 1 heterocycles. The molecule has 14 heavy (non-hydrogen) atoms. The van der Waals surface area contributed by atoms with Crippen molar-refractivity contribution in [1.82, 2.24) is 5.32 Å². The highest BCUT2D eigenvalue weighted by molar-refractivity contribution is 5.85. The maximum Gasteiger partial charge on any atom is 0.123 e. The van der Waals surface area contributed by atoms with Gasteiger partial charge in [0.1, 0.15) is 5.82 Å². The van der Waals surface area contributed by atoms with Crippen LogP contribution >= 0.6 is 12.4 Å². The second-order valence-corrected chi connectivity index (χ2v) is 3.56. The smallest absolute Gasteiger partial charge is 0.123 e. The summed E-state index contributed by atoms with van der Waals surface area (Å²) in [6, 6.07) is 7.26. The summed E-state index contributed by atoms with van der Waals surface area (Å²) in [6.07, 6.45) is 3.61. The molecule has 1 nitrogen and oxygen atoms in total. The molecule has 0 radical (unpaired) electrons. The van der Waals surface area contributed by atoms with E-state index in [4.69, 9.17) is 0 Å². The molecule has 1 fully saturated rings. The minimum Gasteiger partial charge on any atom is -0.310 e. The third kappa shape index (κ3) is 2.69. The molecule has 0 spiro atoms. The molecular weight excluding hydrogens is 201 g/mol. The van der Waals surface area contributed by atoms with Crippen molar-refractivity contribution in [3.8, 4) is 0 Å². The van der Waals surface area contributed by atoms with Crippen molar-refractivity contribution >= 4 is 12.4 Å². The molecule has 78 valence electrons. The number of benzene rings is 1. The Kier molecular flexibility index (Phi) is 4.36.